The lowest BCUT2D eigenvalue weighted by atomic mass is 9.89. The van der Waals surface area contributed by atoms with Crippen LogP contribution < -0.4 is 5.32 Å². The van der Waals surface area contributed by atoms with E-state index < -0.39 is 0 Å². The van der Waals surface area contributed by atoms with E-state index in [1.807, 2.05) is 12.1 Å². The predicted molar refractivity (Wildman–Crippen MR) is 94.7 cm³/mol. The minimum absolute atomic E-state index is 0.00986. The maximum atomic E-state index is 12.1. The van der Waals surface area contributed by atoms with Crippen LogP contribution >= 0.6 is 0 Å². The second-order valence-electron chi connectivity index (χ2n) is 6.46. The Morgan fingerprint density at radius 3 is 2.75 bits per heavy atom. The van der Waals surface area contributed by atoms with Crippen LogP contribution in [0.5, 0.6) is 5.75 Å². The van der Waals surface area contributed by atoms with Gasteiger partial charge in [-0.2, -0.15) is 0 Å². The lowest BCUT2D eigenvalue weighted by Gasteiger charge is -2.16. The number of nitrogens with one attached hydrogen (secondary N) is 1. The fourth-order valence-corrected chi connectivity index (χ4v) is 3.27. The normalized spacial score (nSPS) is 20.6. The first-order valence-corrected chi connectivity index (χ1v) is 8.82. The third kappa shape index (κ3) is 5.52. The Balaban J connectivity index is 1.75. The number of rotatable bonds is 8. The summed E-state index contributed by atoms with van der Waals surface area (Å²) in [4.78, 5) is 24.1. The average molecular weight is 329 g/mol. The highest BCUT2D eigenvalue weighted by Gasteiger charge is 2.34. The number of phenolic OH excluding ortho intramolecular Hbond substituents is 1. The molecular formula is C20H27NO3. The van der Waals surface area contributed by atoms with E-state index in [0.717, 1.165) is 31.2 Å². The molecule has 1 fully saturated rings. The van der Waals surface area contributed by atoms with Gasteiger partial charge in [-0.05, 0) is 49.3 Å². The number of ketones is 1. The highest BCUT2D eigenvalue weighted by Crippen LogP contribution is 2.34. The van der Waals surface area contributed by atoms with Crippen molar-refractivity contribution in [1.29, 1.82) is 0 Å². The highest BCUT2D eigenvalue weighted by atomic mass is 16.3. The quantitative estimate of drug-likeness (QED) is 0.718. The largest absolute Gasteiger partial charge is 0.508 e. The zero-order valence-corrected chi connectivity index (χ0v) is 14.3. The molecule has 2 rings (SSSR count). The summed E-state index contributed by atoms with van der Waals surface area (Å²) in [7, 11) is 0. The molecular weight excluding hydrogens is 302 g/mol. The number of hydrogen-bond acceptors (Lipinski definition) is 3. The van der Waals surface area contributed by atoms with Gasteiger partial charge >= 0.3 is 0 Å². The first-order chi connectivity index (χ1) is 11.6. The standard InChI is InChI=1S/C20H27NO3/c1-2-3-4-5-18-16(8-11-19(18)23)14-20(24)21-13-12-15-6-9-17(22)10-7-15/h3-4,6-7,9-10,16,18,22H,2,5,8,11-14H2,1H3,(H,21,24)/b4-3-. The van der Waals surface area contributed by atoms with Crippen LogP contribution in [0.4, 0.5) is 0 Å². The van der Waals surface area contributed by atoms with Gasteiger partial charge < -0.3 is 10.4 Å². The van der Waals surface area contributed by atoms with Crippen LogP contribution in [0, 0.1) is 11.8 Å². The molecule has 0 spiro atoms. The van der Waals surface area contributed by atoms with Crippen LogP contribution in [0.2, 0.25) is 0 Å². The van der Waals surface area contributed by atoms with E-state index in [1.165, 1.54) is 0 Å². The number of allylic oxidation sites excluding steroid dienone is 2. The van der Waals surface area contributed by atoms with Gasteiger partial charge in [-0.25, -0.2) is 0 Å². The van der Waals surface area contributed by atoms with E-state index in [-0.39, 0.29) is 23.5 Å². The van der Waals surface area contributed by atoms with Crippen molar-refractivity contribution < 1.29 is 14.7 Å². The highest BCUT2D eigenvalue weighted by molar-refractivity contribution is 5.85. The zero-order chi connectivity index (χ0) is 17.4. The van der Waals surface area contributed by atoms with Crippen LogP contribution in [0.3, 0.4) is 0 Å². The fraction of sp³-hybridized carbons (Fsp3) is 0.500. The molecule has 1 aromatic carbocycles. The van der Waals surface area contributed by atoms with Crippen LogP contribution in [-0.4, -0.2) is 23.3 Å². The van der Waals surface area contributed by atoms with Crippen molar-refractivity contribution in [3.8, 4) is 5.75 Å². The van der Waals surface area contributed by atoms with E-state index in [2.05, 4.69) is 24.4 Å². The van der Waals surface area contributed by atoms with E-state index in [1.54, 1.807) is 12.1 Å². The number of carbonyl (C=O) groups is 2. The number of carbonyl (C=O) groups excluding carboxylic acids is 2. The summed E-state index contributed by atoms with van der Waals surface area (Å²) >= 11 is 0. The summed E-state index contributed by atoms with van der Waals surface area (Å²) in [6.45, 7) is 2.65. The fourth-order valence-electron chi connectivity index (χ4n) is 3.27. The summed E-state index contributed by atoms with van der Waals surface area (Å²) in [5.41, 5.74) is 1.08. The molecule has 4 heteroatoms. The molecule has 4 nitrogen and oxygen atoms in total. The third-order valence-electron chi connectivity index (χ3n) is 4.66. The van der Waals surface area contributed by atoms with Crippen LogP contribution in [-0.2, 0) is 16.0 Å². The number of Topliss-reactive ketones (excluding diaryl/α,β-unsaturated/α-hetero) is 1. The number of phenols is 1. The smallest absolute Gasteiger partial charge is 0.220 e. The molecule has 1 aliphatic rings. The Morgan fingerprint density at radius 2 is 2.04 bits per heavy atom. The molecule has 0 saturated heterocycles. The second kappa shape index (κ2) is 9.26. The van der Waals surface area contributed by atoms with E-state index in [4.69, 9.17) is 0 Å². The maximum absolute atomic E-state index is 12.1. The van der Waals surface area contributed by atoms with Crippen molar-refractivity contribution in [2.24, 2.45) is 11.8 Å². The van der Waals surface area contributed by atoms with Gasteiger partial charge in [0.25, 0.3) is 0 Å². The number of amides is 1. The molecule has 0 radical (unpaired) electrons. The topological polar surface area (TPSA) is 66.4 Å². The summed E-state index contributed by atoms with van der Waals surface area (Å²) in [5.74, 6) is 0.760. The van der Waals surface area contributed by atoms with Crippen LogP contribution in [0.1, 0.15) is 44.6 Å². The molecule has 0 bridgehead atoms. The molecule has 130 valence electrons. The molecule has 1 aromatic rings. The van der Waals surface area contributed by atoms with Crippen LogP contribution in [0.15, 0.2) is 36.4 Å². The number of hydrogen-bond donors (Lipinski definition) is 2. The molecule has 2 atom stereocenters. The number of aromatic hydroxyl groups is 1. The second-order valence-corrected chi connectivity index (χ2v) is 6.46. The van der Waals surface area contributed by atoms with Crippen molar-refractivity contribution in [3.63, 3.8) is 0 Å². The van der Waals surface area contributed by atoms with Gasteiger partial charge in [0, 0.05) is 25.3 Å². The first kappa shape index (κ1) is 18.2. The molecule has 0 aliphatic heterocycles. The zero-order valence-electron chi connectivity index (χ0n) is 14.3. The minimum atomic E-state index is 0.00986. The molecule has 0 heterocycles. The lowest BCUT2D eigenvalue weighted by molar-refractivity contribution is -0.123. The monoisotopic (exact) mass is 329 g/mol. The third-order valence-corrected chi connectivity index (χ3v) is 4.66. The van der Waals surface area contributed by atoms with E-state index in [0.29, 0.717) is 25.2 Å². The Labute approximate surface area is 144 Å². The Bertz CT molecular complexity index is 577. The Hall–Kier alpha value is -2.10. The predicted octanol–water partition coefficient (Wildman–Crippen LogP) is 3.39. The molecule has 2 N–H and O–H groups in total. The van der Waals surface area contributed by atoms with Crippen molar-refractivity contribution >= 4 is 11.7 Å². The Morgan fingerprint density at radius 1 is 1.29 bits per heavy atom. The molecule has 24 heavy (non-hydrogen) atoms. The molecule has 1 aliphatic carbocycles. The van der Waals surface area contributed by atoms with Crippen molar-refractivity contribution in [2.45, 2.75) is 45.4 Å². The van der Waals surface area contributed by atoms with Gasteiger partial charge in [-0.1, -0.05) is 31.2 Å². The average Bonchev–Trinajstić information content (AvgIpc) is 2.90. The number of benzene rings is 1. The van der Waals surface area contributed by atoms with Gasteiger partial charge in [-0.3, -0.25) is 9.59 Å². The maximum Gasteiger partial charge on any atom is 0.220 e. The Kier molecular flexibility index (Phi) is 7.04. The van der Waals surface area contributed by atoms with Gasteiger partial charge in [-0.15, -0.1) is 0 Å². The minimum Gasteiger partial charge on any atom is -0.508 e. The van der Waals surface area contributed by atoms with E-state index in [9.17, 15) is 14.7 Å². The van der Waals surface area contributed by atoms with Gasteiger partial charge in [0.2, 0.25) is 5.91 Å². The summed E-state index contributed by atoms with van der Waals surface area (Å²) in [6, 6.07) is 7.01. The lowest BCUT2D eigenvalue weighted by Crippen LogP contribution is -2.29. The van der Waals surface area contributed by atoms with Crippen LogP contribution in [0.25, 0.3) is 0 Å². The molecule has 2 unspecified atom stereocenters. The SMILES string of the molecule is CC/C=C\CC1C(=O)CCC1CC(=O)NCCc1ccc(O)cc1. The summed E-state index contributed by atoms with van der Waals surface area (Å²) < 4.78 is 0. The summed E-state index contributed by atoms with van der Waals surface area (Å²) in [5, 5.41) is 12.2. The van der Waals surface area contributed by atoms with Crippen molar-refractivity contribution in [1.82, 2.24) is 5.32 Å². The molecule has 0 aromatic heterocycles. The van der Waals surface area contributed by atoms with Gasteiger partial charge in [0.1, 0.15) is 11.5 Å². The van der Waals surface area contributed by atoms with Crippen molar-refractivity contribution in [2.75, 3.05) is 6.54 Å². The van der Waals surface area contributed by atoms with E-state index >= 15 is 0 Å². The van der Waals surface area contributed by atoms with Crippen molar-refractivity contribution in [3.05, 3.63) is 42.0 Å². The molecule has 1 saturated carbocycles. The molecule has 1 amide bonds. The summed E-state index contributed by atoms with van der Waals surface area (Å²) in [6.07, 6.45) is 8.50. The van der Waals surface area contributed by atoms with Gasteiger partial charge in [0.05, 0.1) is 0 Å². The first-order valence-electron chi connectivity index (χ1n) is 8.82. The van der Waals surface area contributed by atoms with Gasteiger partial charge in [0.15, 0.2) is 0 Å².